The molecule has 1 fully saturated rings. The van der Waals surface area contributed by atoms with Crippen molar-refractivity contribution in [1.82, 2.24) is 0 Å². The fraction of sp³-hybridized carbons (Fsp3) is 0.667. The Labute approximate surface area is 72.7 Å². The predicted octanol–water partition coefficient (Wildman–Crippen LogP) is 2.83. The maximum atomic E-state index is 8.56. The van der Waals surface area contributed by atoms with Crippen molar-refractivity contribution in [2.75, 3.05) is 0 Å². The van der Waals surface area contributed by atoms with Crippen molar-refractivity contribution in [2.45, 2.75) is 27.2 Å². The molecule has 2 N–H and O–H groups in total. The average molecular weight is 172 g/mol. The lowest BCUT2D eigenvalue weighted by Gasteiger charge is -1.97. The molecule has 1 rings (SSSR count). The summed E-state index contributed by atoms with van der Waals surface area (Å²) < 4.78 is 0. The first kappa shape index (κ1) is 11.0. The van der Waals surface area contributed by atoms with Gasteiger partial charge in [0.1, 0.15) is 0 Å². The van der Waals surface area contributed by atoms with E-state index in [0.717, 1.165) is 5.92 Å². The van der Waals surface area contributed by atoms with Gasteiger partial charge in [-0.15, -0.1) is 0 Å². The monoisotopic (exact) mass is 172 g/mol. The van der Waals surface area contributed by atoms with Crippen LogP contribution in [0.15, 0.2) is 12.2 Å². The zero-order valence-electron chi connectivity index (χ0n) is 7.74. The van der Waals surface area contributed by atoms with E-state index in [1.807, 2.05) is 0 Å². The van der Waals surface area contributed by atoms with Gasteiger partial charge >= 0.3 is 6.16 Å². The van der Waals surface area contributed by atoms with Gasteiger partial charge in [0.05, 0.1) is 0 Å². The van der Waals surface area contributed by atoms with Crippen LogP contribution in [-0.2, 0) is 0 Å². The molecule has 70 valence electrons. The van der Waals surface area contributed by atoms with Crippen molar-refractivity contribution < 1.29 is 15.0 Å². The highest BCUT2D eigenvalue weighted by Gasteiger charge is 2.43. The number of hydrogen-bond acceptors (Lipinski definition) is 1. The molecule has 1 saturated carbocycles. The molecule has 12 heavy (non-hydrogen) atoms. The molecule has 0 amide bonds. The van der Waals surface area contributed by atoms with Crippen LogP contribution in [0.5, 0.6) is 0 Å². The quantitative estimate of drug-likeness (QED) is 0.598. The van der Waals surface area contributed by atoms with E-state index in [4.69, 9.17) is 15.0 Å². The minimum atomic E-state index is -1.83. The summed E-state index contributed by atoms with van der Waals surface area (Å²) in [6.07, 6.45) is 4.03. The van der Waals surface area contributed by atoms with Gasteiger partial charge in [-0.25, -0.2) is 4.79 Å². The van der Waals surface area contributed by atoms with Crippen molar-refractivity contribution in [3.8, 4) is 0 Å². The van der Waals surface area contributed by atoms with E-state index < -0.39 is 6.16 Å². The van der Waals surface area contributed by atoms with Crippen LogP contribution in [0.4, 0.5) is 4.79 Å². The van der Waals surface area contributed by atoms with Gasteiger partial charge in [-0.2, -0.15) is 0 Å². The third-order valence-corrected chi connectivity index (χ3v) is 2.26. The number of hydrogen-bond donors (Lipinski definition) is 2. The zero-order valence-corrected chi connectivity index (χ0v) is 7.74. The molecule has 1 aliphatic carbocycles. The minimum Gasteiger partial charge on any atom is -0.450 e. The van der Waals surface area contributed by atoms with Crippen LogP contribution in [0.2, 0.25) is 0 Å². The summed E-state index contributed by atoms with van der Waals surface area (Å²) in [7, 11) is 0. The van der Waals surface area contributed by atoms with Gasteiger partial charge in [0.25, 0.3) is 0 Å². The van der Waals surface area contributed by atoms with Crippen LogP contribution in [0.25, 0.3) is 0 Å². The van der Waals surface area contributed by atoms with E-state index in [9.17, 15) is 0 Å². The molecule has 0 aromatic carbocycles. The van der Waals surface area contributed by atoms with E-state index in [2.05, 4.69) is 32.9 Å². The highest BCUT2D eigenvalue weighted by molar-refractivity contribution is 5.53. The van der Waals surface area contributed by atoms with Gasteiger partial charge in [0.2, 0.25) is 0 Å². The second kappa shape index (κ2) is 4.14. The fourth-order valence-corrected chi connectivity index (χ4v) is 1.21. The van der Waals surface area contributed by atoms with E-state index in [-0.39, 0.29) is 0 Å². The van der Waals surface area contributed by atoms with Crippen molar-refractivity contribution >= 4 is 6.16 Å². The van der Waals surface area contributed by atoms with Crippen LogP contribution in [-0.4, -0.2) is 16.4 Å². The molecule has 3 heteroatoms. The van der Waals surface area contributed by atoms with Crippen LogP contribution in [0, 0.1) is 11.3 Å². The second-order valence-corrected chi connectivity index (χ2v) is 3.39. The average Bonchev–Trinajstić information content (AvgIpc) is 2.39. The molecule has 0 bridgehead atoms. The fourth-order valence-electron chi connectivity index (χ4n) is 1.21. The summed E-state index contributed by atoms with van der Waals surface area (Å²) in [4.78, 5) is 8.56. The molecule has 1 aliphatic rings. The molecular formula is C9H16O3. The predicted molar refractivity (Wildman–Crippen MR) is 47.4 cm³/mol. The van der Waals surface area contributed by atoms with Crippen LogP contribution in [0.3, 0.4) is 0 Å². The number of rotatable bonds is 1. The topological polar surface area (TPSA) is 57.5 Å². The summed E-state index contributed by atoms with van der Waals surface area (Å²) in [6, 6.07) is 0. The summed E-state index contributed by atoms with van der Waals surface area (Å²) in [5.41, 5.74) is 0.578. The lowest BCUT2D eigenvalue weighted by Crippen LogP contribution is -1.87. The summed E-state index contributed by atoms with van der Waals surface area (Å²) in [6.45, 7) is 6.72. The Hall–Kier alpha value is -0.990. The van der Waals surface area contributed by atoms with E-state index >= 15 is 0 Å². The number of carboxylic acid groups (broad SMARTS) is 2. The molecule has 2 unspecified atom stereocenters. The first-order chi connectivity index (χ1) is 5.42. The summed E-state index contributed by atoms with van der Waals surface area (Å²) in [5.74, 6) is 0.929. The third-order valence-electron chi connectivity index (χ3n) is 2.26. The SMILES string of the molecule is CC=CC1(C)CC1C.O=C(O)O. The molecule has 0 aromatic rings. The molecule has 0 radical (unpaired) electrons. The maximum Gasteiger partial charge on any atom is 0.503 e. The van der Waals surface area contributed by atoms with Gasteiger partial charge in [-0.1, -0.05) is 26.0 Å². The molecular weight excluding hydrogens is 156 g/mol. The van der Waals surface area contributed by atoms with E-state index in [0.29, 0.717) is 5.41 Å². The third kappa shape index (κ3) is 4.01. The van der Waals surface area contributed by atoms with E-state index in [1.165, 1.54) is 6.42 Å². The maximum absolute atomic E-state index is 8.56. The molecule has 0 saturated heterocycles. The van der Waals surface area contributed by atoms with E-state index in [1.54, 1.807) is 0 Å². The Kier molecular flexibility index (Phi) is 3.80. The normalized spacial score (nSPS) is 32.4. The standard InChI is InChI=1S/C8H14.CH2O3/c1-4-5-8(3)6-7(8)2;2-1(3)4/h4-5,7H,6H2,1-3H3;(H2,2,3,4). The van der Waals surface area contributed by atoms with Crippen molar-refractivity contribution in [3.05, 3.63) is 12.2 Å². The first-order valence-corrected chi connectivity index (χ1v) is 3.98. The zero-order chi connectivity index (χ0) is 9.78. The van der Waals surface area contributed by atoms with Gasteiger partial charge in [0.15, 0.2) is 0 Å². The van der Waals surface area contributed by atoms with Crippen molar-refractivity contribution in [1.29, 1.82) is 0 Å². The molecule has 0 heterocycles. The minimum absolute atomic E-state index is 0.578. The molecule has 0 spiro atoms. The van der Waals surface area contributed by atoms with Crippen molar-refractivity contribution in [3.63, 3.8) is 0 Å². The highest BCUT2D eigenvalue weighted by atomic mass is 16.6. The number of allylic oxidation sites excluding steroid dienone is 2. The van der Waals surface area contributed by atoms with Crippen LogP contribution < -0.4 is 0 Å². The Morgan fingerprint density at radius 1 is 1.58 bits per heavy atom. The Morgan fingerprint density at radius 2 is 1.92 bits per heavy atom. The lowest BCUT2D eigenvalue weighted by molar-refractivity contribution is 0.137. The lowest BCUT2D eigenvalue weighted by atomic mass is 10.1. The molecule has 2 atom stereocenters. The van der Waals surface area contributed by atoms with Crippen molar-refractivity contribution in [2.24, 2.45) is 11.3 Å². The Bertz CT molecular complexity index is 182. The van der Waals surface area contributed by atoms with Gasteiger partial charge in [0, 0.05) is 0 Å². The van der Waals surface area contributed by atoms with Gasteiger partial charge in [-0.05, 0) is 24.7 Å². The number of carbonyl (C=O) groups is 1. The molecule has 0 aliphatic heterocycles. The second-order valence-electron chi connectivity index (χ2n) is 3.39. The van der Waals surface area contributed by atoms with Crippen LogP contribution >= 0.6 is 0 Å². The van der Waals surface area contributed by atoms with Gasteiger partial charge < -0.3 is 10.2 Å². The molecule has 3 nitrogen and oxygen atoms in total. The summed E-state index contributed by atoms with van der Waals surface area (Å²) in [5, 5.41) is 13.9. The largest absolute Gasteiger partial charge is 0.503 e. The smallest absolute Gasteiger partial charge is 0.450 e. The summed E-state index contributed by atoms with van der Waals surface area (Å²) >= 11 is 0. The Morgan fingerprint density at radius 3 is 2.00 bits per heavy atom. The first-order valence-electron chi connectivity index (χ1n) is 3.98. The van der Waals surface area contributed by atoms with Crippen LogP contribution in [0.1, 0.15) is 27.2 Å². The van der Waals surface area contributed by atoms with Gasteiger partial charge in [-0.3, -0.25) is 0 Å². The molecule has 0 aromatic heterocycles. The Balaban J connectivity index is 0.000000261. The highest BCUT2D eigenvalue weighted by Crippen LogP contribution is 2.52.